The molecule has 1 aliphatic heterocycles. The summed E-state index contributed by atoms with van der Waals surface area (Å²) < 4.78 is 20.8. The fraction of sp³-hybridized carbons (Fsp3) is 0.320. The first-order valence-electron chi connectivity index (χ1n) is 11.0. The number of halogens is 2. The van der Waals surface area contributed by atoms with Crippen LogP contribution in [0.2, 0.25) is 5.02 Å². The fourth-order valence-corrected chi connectivity index (χ4v) is 4.56. The Balaban J connectivity index is 1.47. The third-order valence-electron chi connectivity index (χ3n) is 6.03. The number of carbonyl (C=O) groups excluding carboxylic acids is 3. The summed E-state index contributed by atoms with van der Waals surface area (Å²) in [5.41, 5.74) is 1.53. The number of para-hydroxylation sites is 1. The summed E-state index contributed by atoms with van der Waals surface area (Å²) >= 11 is 5.81. The molecule has 1 N–H and O–H groups in total. The monoisotopic (exact) mass is 485 g/mol. The molecule has 0 bridgehead atoms. The van der Waals surface area contributed by atoms with Gasteiger partial charge in [-0.05, 0) is 25.0 Å². The first-order chi connectivity index (χ1) is 16.4. The summed E-state index contributed by atoms with van der Waals surface area (Å²) in [5.74, 6) is -1.30. The van der Waals surface area contributed by atoms with Gasteiger partial charge >= 0.3 is 0 Å². The highest BCUT2D eigenvalue weighted by atomic mass is 35.5. The maximum Gasteiger partial charge on any atom is 0.243 e. The van der Waals surface area contributed by atoms with Crippen LogP contribution in [0.5, 0.6) is 0 Å². The zero-order chi connectivity index (χ0) is 24.2. The van der Waals surface area contributed by atoms with E-state index < -0.39 is 11.9 Å². The summed E-state index contributed by atoms with van der Waals surface area (Å²) in [6.45, 7) is 0.380. The molecule has 0 aliphatic carbocycles. The second kappa shape index (κ2) is 10.4. The first kappa shape index (κ1) is 23.9. The lowest BCUT2D eigenvalue weighted by molar-refractivity contribution is -0.138. The number of hydrogen-bond donors (Lipinski definition) is 1. The van der Waals surface area contributed by atoms with Gasteiger partial charge in [0, 0.05) is 48.4 Å². The Morgan fingerprint density at radius 1 is 1.18 bits per heavy atom. The molecular weight excluding hydrogens is 461 g/mol. The zero-order valence-electron chi connectivity index (χ0n) is 18.7. The van der Waals surface area contributed by atoms with Gasteiger partial charge in [-0.2, -0.15) is 0 Å². The van der Waals surface area contributed by atoms with E-state index in [1.807, 2.05) is 24.3 Å². The molecule has 0 spiro atoms. The number of fused-ring (bicyclic) bond motifs is 1. The van der Waals surface area contributed by atoms with Gasteiger partial charge < -0.3 is 19.5 Å². The van der Waals surface area contributed by atoms with Crippen LogP contribution in [0.3, 0.4) is 0 Å². The molecule has 3 aromatic rings. The number of benzene rings is 2. The normalized spacial score (nSPS) is 15.6. The van der Waals surface area contributed by atoms with Crippen molar-refractivity contribution >= 4 is 40.1 Å². The van der Waals surface area contributed by atoms with Crippen molar-refractivity contribution in [2.45, 2.75) is 32.0 Å². The number of nitrogens with zero attached hydrogens (tertiary/aromatic N) is 2. The van der Waals surface area contributed by atoms with Gasteiger partial charge in [0.25, 0.3) is 0 Å². The van der Waals surface area contributed by atoms with Crippen LogP contribution in [0.4, 0.5) is 4.39 Å². The molecule has 34 heavy (non-hydrogen) atoms. The minimum Gasteiger partial charge on any atom is -0.377 e. The van der Waals surface area contributed by atoms with Gasteiger partial charge in [-0.3, -0.25) is 14.4 Å². The third-order valence-corrected chi connectivity index (χ3v) is 6.32. The Hall–Kier alpha value is -3.23. The standard InChI is InChI=1S/C25H25ClFN3O4/c1-34-15-22(31)18-13-29(20-9-3-2-7-17(18)20)14-23(32)30-11-5-10-21(30)25(33)28-12-16-6-4-8-19(26)24(16)27/h2-4,6-9,13,21H,5,10-12,14-15H2,1H3,(H,28,33)/t21-/m0/s1. The van der Waals surface area contributed by atoms with Crippen molar-refractivity contribution in [3.63, 3.8) is 0 Å². The van der Waals surface area contributed by atoms with E-state index in [4.69, 9.17) is 16.3 Å². The average Bonchev–Trinajstić information content (AvgIpc) is 3.46. The molecule has 1 fully saturated rings. The molecule has 9 heteroatoms. The van der Waals surface area contributed by atoms with Crippen molar-refractivity contribution in [3.8, 4) is 0 Å². The molecule has 1 saturated heterocycles. The van der Waals surface area contributed by atoms with E-state index >= 15 is 0 Å². The van der Waals surface area contributed by atoms with E-state index in [0.717, 1.165) is 10.9 Å². The fourth-order valence-electron chi connectivity index (χ4n) is 4.37. The van der Waals surface area contributed by atoms with Crippen molar-refractivity contribution in [2.75, 3.05) is 20.3 Å². The maximum absolute atomic E-state index is 14.1. The van der Waals surface area contributed by atoms with E-state index in [1.165, 1.54) is 13.2 Å². The third kappa shape index (κ3) is 4.83. The predicted molar refractivity (Wildman–Crippen MR) is 126 cm³/mol. The van der Waals surface area contributed by atoms with Crippen LogP contribution >= 0.6 is 11.6 Å². The van der Waals surface area contributed by atoms with Crippen molar-refractivity contribution in [1.82, 2.24) is 14.8 Å². The number of ether oxygens (including phenoxy) is 1. The van der Waals surface area contributed by atoms with E-state index in [9.17, 15) is 18.8 Å². The number of hydrogen-bond acceptors (Lipinski definition) is 4. The summed E-state index contributed by atoms with van der Waals surface area (Å²) in [5, 5.41) is 3.46. The minimum absolute atomic E-state index is 0.00647. The van der Waals surface area contributed by atoms with Crippen LogP contribution in [0.15, 0.2) is 48.7 Å². The molecule has 0 saturated carbocycles. The zero-order valence-corrected chi connectivity index (χ0v) is 19.5. The summed E-state index contributed by atoms with van der Waals surface area (Å²) in [6.07, 6.45) is 2.88. The van der Waals surface area contributed by atoms with E-state index in [-0.39, 0.29) is 47.9 Å². The first-order valence-corrected chi connectivity index (χ1v) is 11.4. The smallest absolute Gasteiger partial charge is 0.243 e. The molecular formula is C25H25ClFN3O4. The second-order valence-corrected chi connectivity index (χ2v) is 8.63. The number of rotatable bonds is 8. The highest BCUT2D eigenvalue weighted by Crippen LogP contribution is 2.24. The highest BCUT2D eigenvalue weighted by Gasteiger charge is 2.34. The topological polar surface area (TPSA) is 80.6 Å². The number of carbonyl (C=O) groups is 3. The predicted octanol–water partition coefficient (Wildman–Crippen LogP) is 3.57. The Bertz CT molecular complexity index is 1240. The SMILES string of the molecule is COCC(=O)c1cn(CC(=O)N2CCC[C@H]2C(=O)NCc2cccc(Cl)c2F)c2ccccc12. The number of likely N-dealkylation sites (tertiary alicyclic amines) is 1. The van der Waals surface area contributed by atoms with E-state index in [2.05, 4.69) is 5.32 Å². The summed E-state index contributed by atoms with van der Waals surface area (Å²) in [6, 6.07) is 11.3. The molecule has 1 aromatic heterocycles. The maximum atomic E-state index is 14.1. The molecule has 178 valence electrons. The van der Waals surface area contributed by atoms with Gasteiger partial charge in [0.15, 0.2) is 5.78 Å². The van der Waals surface area contributed by atoms with E-state index in [1.54, 1.807) is 27.8 Å². The lowest BCUT2D eigenvalue weighted by Crippen LogP contribution is -2.46. The Morgan fingerprint density at radius 3 is 2.76 bits per heavy atom. The van der Waals surface area contributed by atoms with Gasteiger partial charge in [-0.15, -0.1) is 0 Å². The molecule has 4 rings (SSSR count). The van der Waals surface area contributed by atoms with Crippen LogP contribution in [-0.2, 0) is 27.4 Å². The van der Waals surface area contributed by atoms with Gasteiger partial charge in [-0.1, -0.05) is 41.9 Å². The number of aromatic nitrogens is 1. The van der Waals surface area contributed by atoms with Gasteiger partial charge in [0.05, 0.1) is 5.02 Å². The van der Waals surface area contributed by atoms with Crippen LogP contribution in [0.25, 0.3) is 10.9 Å². The van der Waals surface area contributed by atoms with Gasteiger partial charge in [-0.25, -0.2) is 4.39 Å². The molecule has 0 unspecified atom stereocenters. The van der Waals surface area contributed by atoms with Crippen molar-refractivity contribution < 1.29 is 23.5 Å². The van der Waals surface area contributed by atoms with Crippen molar-refractivity contribution in [2.24, 2.45) is 0 Å². The summed E-state index contributed by atoms with van der Waals surface area (Å²) in [7, 11) is 1.46. The lowest BCUT2D eigenvalue weighted by atomic mass is 10.1. The average molecular weight is 486 g/mol. The number of methoxy groups -OCH3 is 1. The molecule has 1 atom stereocenters. The molecule has 0 radical (unpaired) electrons. The minimum atomic E-state index is -0.633. The lowest BCUT2D eigenvalue weighted by Gasteiger charge is -2.24. The summed E-state index contributed by atoms with van der Waals surface area (Å²) in [4.78, 5) is 40.0. The molecule has 2 amide bonds. The van der Waals surface area contributed by atoms with E-state index in [0.29, 0.717) is 24.9 Å². The van der Waals surface area contributed by atoms with Crippen LogP contribution in [-0.4, -0.2) is 53.4 Å². The molecule has 1 aliphatic rings. The quantitative estimate of drug-likeness (QED) is 0.495. The van der Waals surface area contributed by atoms with Crippen LogP contribution in [0.1, 0.15) is 28.8 Å². The second-order valence-electron chi connectivity index (χ2n) is 8.22. The molecule has 2 heterocycles. The van der Waals surface area contributed by atoms with Gasteiger partial charge in [0.2, 0.25) is 11.8 Å². The number of ketones is 1. The van der Waals surface area contributed by atoms with Crippen LogP contribution in [0, 0.1) is 5.82 Å². The van der Waals surface area contributed by atoms with Gasteiger partial charge in [0.1, 0.15) is 25.0 Å². The van der Waals surface area contributed by atoms with Crippen molar-refractivity contribution in [3.05, 3.63) is 70.6 Å². The Kier molecular flexibility index (Phi) is 7.29. The highest BCUT2D eigenvalue weighted by molar-refractivity contribution is 6.30. The Morgan fingerprint density at radius 2 is 1.97 bits per heavy atom. The Labute approximate surface area is 201 Å². The van der Waals surface area contributed by atoms with Crippen LogP contribution < -0.4 is 5.32 Å². The number of Topliss-reactive ketones (excluding diaryl/α,β-unsaturated/α-hetero) is 1. The largest absolute Gasteiger partial charge is 0.377 e. The molecule has 7 nitrogen and oxygen atoms in total. The number of nitrogens with one attached hydrogen (secondary N) is 1. The molecule has 2 aromatic carbocycles. The van der Waals surface area contributed by atoms with Crippen molar-refractivity contribution in [1.29, 1.82) is 0 Å². The number of amides is 2.